The van der Waals surface area contributed by atoms with Crippen molar-refractivity contribution in [3.8, 4) is 6.07 Å². The lowest BCUT2D eigenvalue weighted by Gasteiger charge is -2.17. The zero-order chi connectivity index (χ0) is 14.7. The molecule has 0 unspecified atom stereocenters. The molecule has 0 saturated heterocycles. The van der Waals surface area contributed by atoms with Crippen molar-refractivity contribution in [2.75, 3.05) is 10.0 Å². The maximum atomic E-state index is 11.0. The van der Waals surface area contributed by atoms with E-state index in [2.05, 4.69) is 9.97 Å². The van der Waals surface area contributed by atoms with Gasteiger partial charge in [0.15, 0.2) is 11.0 Å². The third-order valence-electron chi connectivity index (χ3n) is 1.86. The van der Waals surface area contributed by atoms with Crippen LogP contribution in [0.2, 0.25) is 5.15 Å². The van der Waals surface area contributed by atoms with Crippen LogP contribution in [0.5, 0.6) is 0 Å². The van der Waals surface area contributed by atoms with Gasteiger partial charge in [0.1, 0.15) is 11.6 Å². The normalized spacial score (nSPS) is 9.58. The first-order valence-electron chi connectivity index (χ1n) is 4.45. The van der Waals surface area contributed by atoms with Gasteiger partial charge in [-0.2, -0.15) is 20.2 Å². The largest absolute Gasteiger partial charge is 0.350 e. The van der Waals surface area contributed by atoms with E-state index < -0.39 is 23.8 Å². The molecule has 0 spiro atoms. The van der Waals surface area contributed by atoms with Crippen LogP contribution in [-0.2, 0) is 0 Å². The van der Waals surface area contributed by atoms with E-state index in [1.165, 1.54) is 0 Å². The lowest BCUT2D eigenvalue weighted by Crippen LogP contribution is -2.45. The zero-order valence-corrected chi connectivity index (χ0v) is 10.00. The number of aromatic nitrogens is 2. The lowest BCUT2D eigenvalue weighted by atomic mass is 10.3. The van der Waals surface area contributed by atoms with Crippen LogP contribution >= 0.6 is 11.6 Å². The van der Waals surface area contributed by atoms with Crippen molar-refractivity contribution in [3.05, 3.63) is 10.7 Å². The summed E-state index contributed by atoms with van der Waals surface area (Å²) in [5.74, 6) is 9.70. The van der Waals surface area contributed by atoms with Crippen molar-refractivity contribution in [1.82, 2.24) is 9.97 Å². The Morgan fingerprint density at radius 1 is 1.16 bits per heavy atom. The number of anilines is 2. The SMILES string of the molecule is N#Cc1c(Cl)nc(N(N)C(N)=O)nc1N(N)C(N)=O. The summed E-state index contributed by atoms with van der Waals surface area (Å²) < 4.78 is 0. The number of hydrazine groups is 2. The molecule has 0 atom stereocenters. The molecule has 100 valence electrons. The monoisotopic (exact) mass is 285 g/mol. The van der Waals surface area contributed by atoms with Gasteiger partial charge >= 0.3 is 12.1 Å². The highest BCUT2D eigenvalue weighted by molar-refractivity contribution is 6.31. The standard InChI is InChI=1S/C7H8ClN9O2/c8-3-2(1-9)4(16(12)5(10)18)15-7(14-3)17(13)6(11)19/h12-13H2,(H2,10,18)(H2,11,19). The van der Waals surface area contributed by atoms with Gasteiger partial charge in [-0.3, -0.25) is 0 Å². The number of nitrogens with zero attached hydrogens (tertiary/aromatic N) is 5. The first-order chi connectivity index (χ1) is 8.79. The molecule has 1 aromatic rings. The van der Waals surface area contributed by atoms with E-state index in [9.17, 15) is 9.59 Å². The minimum absolute atomic E-state index is 0.315. The smallest absolute Gasteiger partial charge is 0.336 e. The Balaban J connectivity index is 3.47. The van der Waals surface area contributed by atoms with Crippen molar-refractivity contribution in [2.24, 2.45) is 23.2 Å². The van der Waals surface area contributed by atoms with Gasteiger partial charge in [0.25, 0.3) is 5.95 Å². The molecule has 0 aliphatic rings. The number of nitrogens with two attached hydrogens (primary N) is 4. The van der Waals surface area contributed by atoms with Crippen molar-refractivity contribution in [3.63, 3.8) is 0 Å². The Morgan fingerprint density at radius 2 is 1.68 bits per heavy atom. The quantitative estimate of drug-likeness (QED) is 0.220. The maximum absolute atomic E-state index is 11.0. The summed E-state index contributed by atoms with van der Waals surface area (Å²) in [7, 11) is 0. The van der Waals surface area contributed by atoms with Crippen molar-refractivity contribution < 1.29 is 9.59 Å². The second-order valence-corrected chi connectivity index (χ2v) is 3.40. The third kappa shape index (κ3) is 2.77. The summed E-state index contributed by atoms with van der Waals surface area (Å²) >= 11 is 5.69. The third-order valence-corrected chi connectivity index (χ3v) is 2.14. The Hall–Kier alpha value is -2.68. The molecule has 0 aromatic carbocycles. The summed E-state index contributed by atoms with van der Waals surface area (Å²) in [5.41, 5.74) is 9.54. The topological polar surface area (TPSA) is 194 Å². The highest BCUT2D eigenvalue weighted by Gasteiger charge is 2.22. The van der Waals surface area contributed by atoms with Crippen LogP contribution in [0.25, 0.3) is 0 Å². The van der Waals surface area contributed by atoms with E-state index in [1.54, 1.807) is 6.07 Å². The molecule has 0 saturated carbocycles. The lowest BCUT2D eigenvalue weighted by molar-refractivity contribution is 0.253. The number of rotatable bonds is 2. The second-order valence-electron chi connectivity index (χ2n) is 3.04. The summed E-state index contributed by atoms with van der Waals surface area (Å²) in [6, 6.07) is -0.567. The fourth-order valence-corrected chi connectivity index (χ4v) is 1.20. The molecule has 0 aliphatic carbocycles. The number of amides is 4. The molecule has 0 radical (unpaired) electrons. The van der Waals surface area contributed by atoms with Crippen LogP contribution in [0.4, 0.5) is 21.4 Å². The van der Waals surface area contributed by atoms with Gasteiger partial charge in [-0.15, -0.1) is 0 Å². The highest BCUT2D eigenvalue weighted by Crippen LogP contribution is 2.24. The average molecular weight is 286 g/mol. The molecule has 19 heavy (non-hydrogen) atoms. The fraction of sp³-hybridized carbons (Fsp3) is 0. The molecule has 1 heterocycles. The number of carbonyl (C=O) groups is 2. The van der Waals surface area contributed by atoms with Crippen molar-refractivity contribution in [2.45, 2.75) is 0 Å². The number of primary amides is 2. The first-order valence-corrected chi connectivity index (χ1v) is 4.83. The highest BCUT2D eigenvalue weighted by atomic mass is 35.5. The summed E-state index contributed by atoms with van der Waals surface area (Å²) in [6.45, 7) is 0. The van der Waals surface area contributed by atoms with Crippen LogP contribution in [0.3, 0.4) is 0 Å². The number of hydrogen-bond acceptors (Lipinski definition) is 7. The summed E-state index contributed by atoms with van der Waals surface area (Å²) in [5, 5.41) is 9.21. The predicted molar refractivity (Wildman–Crippen MR) is 64.3 cm³/mol. The Kier molecular flexibility index (Phi) is 4.02. The van der Waals surface area contributed by atoms with E-state index in [0.717, 1.165) is 0 Å². The number of hydrogen-bond donors (Lipinski definition) is 4. The molecular weight excluding hydrogens is 278 g/mol. The van der Waals surface area contributed by atoms with E-state index in [4.69, 9.17) is 40.0 Å². The number of nitriles is 1. The van der Waals surface area contributed by atoms with E-state index in [1.807, 2.05) is 0 Å². The van der Waals surface area contributed by atoms with Crippen molar-refractivity contribution >= 4 is 35.4 Å². The maximum Gasteiger partial charge on any atom is 0.336 e. The molecule has 0 fully saturated rings. The van der Waals surface area contributed by atoms with Crippen LogP contribution in [-0.4, -0.2) is 22.0 Å². The van der Waals surface area contributed by atoms with Gasteiger partial charge in [0, 0.05) is 0 Å². The molecule has 1 rings (SSSR count). The second kappa shape index (κ2) is 5.31. The first kappa shape index (κ1) is 14.4. The zero-order valence-electron chi connectivity index (χ0n) is 9.24. The van der Waals surface area contributed by atoms with Crippen LogP contribution in [0.15, 0.2) is 0 Å². The molecule has 4 amide bonds. The predicted octanol–water partition coefficient (Wildman–Crippen LogP) is -1.48. The van der Waals surface area contributed by atoms with Gasteiger partial charge in [0.2, 0.25) is 0 Å². The number of urea groups is 2. The van der Waals surface area contributed by atoms with Crippen LogP contribution < -0.4 is 33.2 Å². The number of halogens is 1. The van der Waals surface area contributed by atoms with E-state index in [-0.39, 0.29) is 10.7 Å². The fourth-order valence-electron chi connectivity index (χ4n) is 0.993. The number of carbonyl (C=O) groups excluding carboxylic acids is 2. The Bertz CT molecular complexity index is 583. The average Bonchev–Trinajstić information content (AvgIpc) is 2.35. The van der Waals surface area contributed by atoms with E-state index in [0.29, 0.717) is 10.0 Å². The van der Waals surface area contributed by atoms with Gasteiger partial charge in [0.05, 0.1) is 0 Å². The molecule has 1 aromatic heterocycles. The minimum Gasteiger partial charge on any atom is -0.350 e. The minimum atomic E-state index is -1.11. The summed E-state index contributed by atoms with van der Waals surface area (Å²) in [4.78, 5) is 29.0. The Labute approximate surface area is 111 Å². The Morgan fingerprint density at radius 3 is 2.11 bits per heavy atom. The van der Waals surface area contributed by atoms with Crippen molar-refractivity contribution in [1.29, 1.82) is 5.26 Å². The van der Waals surface area contributed by atoms with Crippen LogP contribution in [0, 0.1) is 11.3 Å². The van der Waals surface area contributed by atoms with Gasteiger partial charge in [-0.1, -0.05) is 11.6 Å². The van der Waals surface area contributed by atoms with Crippen LogP contribution in [0.1, 0.15) is 5.56 Å². The molecule has 0 aliphatic heterocycles. The van der Waals surface area contributed by atoms with E-state index >= 15 is 0 Å². The molecule has 8 N–H and O–H groups in total. The molecular formula is C7H8ClN9O2. The molecule has 11 nitrogen and oxygen atoms in total. The molecule has 12 heteroatoms. The van der Waals surface area contributed by atoms with Gasteiger partial charge < -0.3 is 11.5 Å². The summed E-state index contributed by atoms with van der Waals surface area (Å²) in [6.07, 6.45) is 0. The molecule has 0 bridgehead atoms. The van der Waals surface area contributed by atoms with Gasteiger partial charge in [-0.25, -0.2) is 26.3 Å². The van der Waals surface area contributed by atoms with Gasteiger partial charge in [-0.05, 0) is 0 Å².